The zero-order valence-electron chi connectivity index (χ0n) is 15.3. The van der Waals surface area contributed by atoms with E-state index in [9.17, 15) is 4.79 Å². The predicted octanol–water partition coefficient (Wildman–Crippen LogP) is 4.64. The van der Waals surface area contributed by atoms with Crippen LogP contribution >= 0.6 is 24.0 Å². The smallest absolute Gasteiger partial charge is 0.263 e. The van der Waals surface area contributed by atoms with Crippen LogP contribution in [0.4, 0.5) is 0 Å². The summed E-state index contributed by atoms with van der Waals surface area (Å²) in [6.45, 7) is 5.23. The van der Waals surface area contributed by atoms with Crippen molar-refractivity contribution in [2.24, 2.45) is 0 Å². The molecule has 1 aliphatic heterocycles. The molecule has 1 fully saturated rings. The SMILES string of the molecule is Cc1cc(C)cc(OCCCOc2ccccc2/C=C2/SC(=S)NC2=O)c1. The summed E-state index contributed by atoms with van der Waals surface area (Å²) in [6, 6.07) is 13.8. The van der Waals surface area contributed by atoms with E-state index >= 15 is 0 Å². The lowest BCUT2D eigenvalue weighted by molar-refractivity contribution is -0.115. The second-order valence-corrected chi connectivity index (χ2v) is 7.98. The Morgan fingerprint density at radius 1 is 1.07 bits per heavy atom. The number of aryl methyl sites for hydroxylation is 2. The molecular weight excluding hydrogens is 378 g/mol. The van der Waals surface area contributed by atoms with E-state index in [2.05, 4.69) is 25.2 Å². The number of thiocarbonyl (C=S) groups is 1. The molecule has 1 heterocycles. The van der Waals surface area contributed by atoms with Gasteiger partial charge in [-0.1, -0.05) is 48.2 Å². The van der Waals surface area contributed by atoms with Crippen LogP contribution in [0.25, 0.3) is 6.08 Å². The Bertz CT molecular complexity index is 872. The molecule has 1 amide bonds. The van der Waals surface area contributed by atoms with Crippen LogP contribution in [0.1, 0.15) is 23.1 Å². The molecule has 0 atom stereocenters. The molecule has 2 aromatic carbocycles. The maximum atomic E-state index is 11.8. The van der Waals surface area contributed by atoms with E-state index in [1.165, 1.54) is 22.9 Å². The minimum absolute atomic E-state index is 0.165. The Kier molecular flexibility index (Phi) is 6.53. The van der Waals surface area contributed by atoms with Gasteiger partial charge in [-0.3, -0.25) is 4.79 Å². The van der Waals surface area contributed by atoms with Crippen LogP contribution in [-0.2, 0) is 4.79 Å². The average molecular weight is 400 g/mol. The summed E-state index contributed by atoms with van der Waals surface area (Å²) in [6.07, 6.45) is 2.57. The maximum Gasteiger partial charge on any atom is 0.263 e. The number of ether oxygens (including phenoxy) is 2. The third kappa shape index (κ3) is 5.58. The molecule has 0 aliphatic carbocycles. The average Bonchev–Trinajstić information content (AvgIpc) is 2.92. The molecule has 0 bridgehead atoms. The van der Waals surface area contributed by atoms with Crippen molar-refractivity contribution < 1.29 is 14.3 Å². The van der Waals surface area contributed by atoms with Crippen LogP contribution < -0.4 is 14.8 Å². The molecule has 4 nitrogen and oxygen atoms in total. The fraction of sp³-hybridized carbons (Fsp3) is 0.238. The van der Waals surface area contributed by atoms with E-state index in [1.807, 2.05) is 36.4 Å². The number of hydrogen-bond donors (Lipinski definition) is 1. The quantitative estimate of drug-likeness (QED) is 0.418. The van der Waals surface area contributed by atoms with Gasteiger partial charge < -0.3 is 14.8 Å². The topological polar surface area (TPSA) is 47.6 Å². The monoisotopic (exact) mass is 399 g/mol. The van der Waals surface area contributed by atoms with Crippen LogP contribution in [0, 0.1) is 13.8 Å². The lowest BCUT2D eigenvalue weighted by Gasteiger charge is -2.11. The Morgan fingerprint density at radius 2 is 1.78 bits per heavy atom. The van der Waals surface area contributed by atoms with Crippen molar-refractivity contribution in [2.75, 3.05) is 13.2 Å². The van der Waals surface area contributed by atoms with E-state index in [0.717, 1.165) is 23.5 Å². The van der Waals surface area contributed by atoms with Crippen molar-refractivity contribution in [2.45, 2.75) is 20.3 Å². The van der Waals surface area contributed by atoms with Crippen molar-refractivity contribution in [1.29, 1.82) is 0 Å². The molecule has 1 aliphatic rings. The van der Waals surface area contributed by atoms with Gasteiger partial charge >= 0.3 is 0 Å². The normalized spacial score (nSPS) is 15.1. The van der Waals surface area contributed by atoms with Crippen LogP contribution in [0.15, 0.2) is 47.4 Å². The lowest BCUT2D eigenvalue weighted by atomic mass is 10.1. The van der Waals surface area contributed by atoms with Crippen LogP contribution in [0.3, 0.4) is 0 Å². The summed E-state index contributed by atoms with van der Waals surface area (Å²) in [7, 11) is 0. The second-order valence-electron chi connectivity index (χ2n) is 6.26. The van der Waals surface area contributed by atoms with E-state index in [-0.39, 0.29) is 5.91 Å². The zero-order chi connectivity index (χ0) is 19.2. The molecule has 3 rings (SSSR count). The number of para-hydroxylation sites is 1. The van der Waals surface area contributed by atoms with E-state index in [0.29, 0.717) is 22.4 Å². The summed E-state index contributed by atoms with van der Waals surface area (Å²) in [5.41, 5.74) is 3.24. The zero-order valence-corrected chi connectivity index (χ0v) is 16.9. The van der Waals surface area contributed by atoms with Crippen LogP contribution in [-0.4, -0.2) is 23.4 Å². The number of hydrogen-bond acceptors (Lipinski definition) is 5. The van der Waals surface area contributed by atoms with Gasteiger partial charge in [-0.2, -0.15) is 0 Å². The largest absolute Gasteiger partial charge is 0.493 e. The van der Waals surface area contributed by atoms with Gasteiger partial charge in [0.2, 0.25) is 0 Å². The van der Waals surface area contributed by atoms with Gasteiger partial charge in [0.15, 0.2) is 0 Å². The number of amides is 1. The predicted molar refractivity (Wildman–Crippen MR) is 114 cm³/mol. The summed E-state index contributed by atoms with van der Waals surface area (Å²) >= 11 is 6.29. The molecule has 6 heteroatoms. The fourth-order valence-electron chi connectivity index (χ4n) is 2.74. The highest BCUT2D eigenvalue weighted by atomic mass is 32.2. The second kappa shape index (κ2) is 9.06. The van der Waals surface area contributed by atoms with Gasteiger partial charge in [0.1, 0.15) is 15.8 Å². The summed E-state index contributed by atoms with van der Waals surface area (Å²) in [4.78, 5) is 12.4. The molecule has 0 radical (unpaired) electrons. The fourth-order valence-corrected chi connectivity index (χ4v) is 3.78. The minimum Gasteiger partial charge on any atom is -0.493 e. The third-order valence-corrected chi connectivity index (χ3v) is 5.02. The van der Waals surface area contributed by atoms with E-state index in [1.54, 1.807) is 6.08 Å². The highest BCUT2D eigenvalue weighted by Crippen LogP contribution is 2.29. The lowest BCUT2D eigenvalue weighted by Crippen LogP contribution is -2.17. The molecule has 0 aromatic heterocycles. The first-order valence-corrected chi connectivity index (χ1v) is 9.91. The van der Waals surface area contributed by atoms with Crippen LogP contribution in [0.2, 0.25) is 0 Å². The van der Waals surface area contributed by atoms with Gasteiger partial charge in [0, 0.05) is 12.0 Å². The Labute approximate surface area is 168 Å². The highest BCUT2D eigenvalue weighted by molar-refractivity contribution is 8.26. The van der Waals surface area contributed by atoms with Crippen molar-refractivity contribution >= 4 is 40.3 Å². The van der Waals surface area contributed by atoms with Crippen molar-refractivity contribution in [3.05, 3.63) is 64.1 Å². The first-order valence-electron chi connectivity index (χ1n) is 8.69. The van der Waals surface area contributed by atoms with Crippen molar-refractivity contribution in [3.8, 4) is 11.5 Å². The minimum atomic E-state index is -0.165. The Balaban J connectivity index is 1.53. The van der Waals surface area contributed by atoms with Gasteiger partial charge in [0.05, 0.1) is 18.1 Å². The molecular formula is C21H21NO3S2. The van der Waals surface area contributed by atoms with Gasteiger partial charge in [-0.25, -0.2) is 0 Å². The number of thioether (sulfide) groups is 1. The number of carbonyl (C=O) groups excluding carboxylic acids is 1. The molecule has 2 aromatic rings. The Hall–Kier alpha value is -2.31. The van der Waals surface area contributed by atoms with Crippen molar-refractivity contribution in [3.63, 3.8) is 0 Å². The Morgan fingerprint density at radius 3 is 2.48 bits per heavy atom. The molecule has 0 spiro atoms. The summed E-state index contributed by atoms with van der Waals surface area (Å²) < 4.78 is 12.2. The molecule has 0 saturated carbocycles. The van der Waals surface area contributed by atoms with E-state index < -0.39 is 0 Å². The summed E-state index contributed by atoms with van der Waals surface area (Å²) in [5.74, 6) is 1.46. The standard InChI is InChI=1S/C21H21NO3S2/c1-14-10-15(2)12-17(11-14)24-8-5-9-25-18-7-4-3-6-16(18)13-19-20(23)22-21(26)27-19/h3-4,6-7,10-13H,5,8-9H2,1-2H3,(H,22,23,26)/b19-13+. The third-order valence-electron chi connectivity index (χ3n) is 3.86. The number of nitrogens with one attached hydrogen (secondary N) is 1. The molecule has 27 heavy (non-hydrogen) atoms. The first kappa shape index (κ1) is 19.5. The molecule has 140 valence electrons. The van der Waals surface area contributed by atoms with Gasteiger partial charge in [-0.05, 0) is 49.2 Å². The number of benzene rings is 2. The van der Waals surface area contributed by atoms with Gasteiger partial charge in [-0.15, -0.1) is 0 Å². The molecule has 1 saturated heterocycles. The van der Waals surface area contributed by atoms with E-state index in [4.69, 9.17) is 21.7 Å². The molecule has 0 unspecified atom stereocenters. The van der Waals surface area contributed by atoms with Crippen molar-refractivity contribution in [1.82, 2.24) is 5.32 Å². The first-order chi connectivity index (χ1) is 13.0. The van der Waals surface area contributed by atoms with Crippen LogP contribution in [0.5, 0.6) is 11.5 Å². The number of carbonyl (C=O) groups is 1. The number of rotatable bonds is 7. The molecule has 1 N–H and O–H groups in total. The van der Waals surface area contributed by atoms with Gasteiger partial charge in [0.25, 0.3) is 5.91 Å². The highest BCUT2D eigenvalue weighted by Gasteiger charge is 2.22. The maximum absolute atomic E-state index is 11.8. The summed E-state index contributed by atoms with van der Waals surface area (Å²) in [5, 5.41) is 2.62.